The summed E-state index contributed by atoms with van der Waals surface area (Å²) in [5.74, 6) is 1.19. The van der Waals surface area contributed by atoms with Crippen LogP contribution in [0.15, 0.2) is 29.3 Å². The molecular weight excluding hydrogens is 489 g/mol. The fraction of sp³-hybridized carbons (Fsp3) is 0.600. The summed E-state index contributed by atoms with van der Waals surface area (Å²) in [6, 6.07) is 7.97. The highest BCUT2D eigenvalue weighted by molar-refractivity contribution is 14.0. The fourth-order valence-corrected chi connectivity index (χ4v) is 3.41. The van der Waals surface area contributed by atoms with Crippen molar-refractivity contribution in [1.29, 1.82) is 0 Å². The highest BCUT2D eigenvalue weighted by Gasteiger charge is 2.31. The van der Waals surface area contributed by atoms with Crippen LogP contribution in [0.5, 0.6) is 0 Å². The van der Waals surface area contributed by atoms with E-state index < -0.39 is 0 Å². The Kier molecular flexibility index (Phi) is 11.1. The molecule has 0 spiro atoms. The molecular formula is C20H33ClIN5O. The number of nitrogens with zero attached hydrogens (tertiary/aromatic N) is 2. The number of benzene rings is 1. The standard InChI is InChI=1S/C20H32ClN5O.HI/c1-5-22-20(25-18-13-26(14(2)3)12-15(18)4)24-11-10-23-19(27)16-8-6-7-9-17(16)21;/h6-9,14-15,18H,5,10-13H2,1-4H3,(H,23,27)(H2,22,24,25);1H. The van der Waals surface area contributed by atoms with Gasteiger partial charge < -0.3 is 16.0 Å². The summed E-state index contributed by atoms with van der Waals surface area (Å²) in [5, 5.41) is 10.2. The number of hydrogen-bond donors (Lipinski definition) is 3. The van der Waals surface area contributed by atoms with Gasteiger partial charge in [-0.1, -0.05) is 30.7 Å². The number of nitrogens with one attached hydrogen (secondary N) is 3. The average molecular weight is 522 g/mol. The van der Waals surface area contributed by atoms with Crippen molar-refractivity contribution in [3.63, 3.8) is 0 Å². The molecule has 1 aromatic carbocycles. The van der Waals surface area contributed by atoms with Gasteiger partial charge in [0, 0.05) is 38.3 Å². The van der Waals surface area contributed by atoms with Gasteiger partial charge in [-0.15, -0.1) is 24.0 Å². The minimum absolute atomic E-state index is 0. The van der Waals surface area contributed by atoms with Crippen LogP contribution in [0.2, 0.25) is 5.02 Å². The van der Waals surface area contributed by atoms with Crippen LogP contribution in [0, 0.1) is 5.92 Å². The summed E-state index contributed by atoms with van der Waals surface area (Å²) in [7, 11) is 0. The van der Waals surface area contributed by atoms with Crippen molar-refractivity contribution in [3.8, 4) is 0 Å². The lowest BCUT2D eigenvalue weighted by atomic mass is 10.1. The molecule has 3 N–H and O–H groups in total. The van der Waals surface area contributed by atoms with E-state index in [0.29, 0.717) is 41.7 Å². The molecule has 1 aliphatic heterocycles. The van der Waals surface area contributed by atoms with E-state index in [-0.39, 0.29) is 29.9 Å². The zero-order valence-electron chi connectivity index (χ0n) is 17.2. The number of halogens is 2. The summed E-state index contributed by atoms with van der Waals surface area (Å²) in [6.45, 7) is 12.7. The molecule has 2 unspecified atom stereocenters. The van der Waals surface area contributed by atoms with Crippen LogP contribution in [-0.4, -0.2) is 61.6 Å². The highest BCUT2D eigenvalue weighted by atomic mass is 127. The van der Waals surface area contributed by atoms with Crippen LogP contribution < -0.4 is 16.0 Å². The quantitative estimate of drug-likeness (QED) is 0.223. The second-order valence-corrected chi connectivity index (χ2v) is 7.68. The van der Waals surface area contributed by atoms with Crippen molar-refractivity contribution < 1.29 is 4.79 Å². The Balaban J connectivity index is 0.00000392. The Hall–Kier alpha value is -1.06. The number of rotatable bonds is 7. The summed E-state index contributed by atoms with van der Waals surface area (Å²) in [5.41, 5.74) is 0.488. The highest BCUT2D eigenvalue weighted by Crippen LogP contribution is 2.18. The third-order valence-electron chi connectivity index (χ3n) is 4.82. The number of carbonyl (C=O) groups is 1. The molecule has 0 saturated carbocycles. The Morgan fingerprint density at radius 1 is 1.29 bits per heavy atom. The molecule has 8 heteroatoms. The van der Waals surface area contributed by atoms with E-state index >= 15 is 0 Å². The number of carbonyl (C=O) groups excluding carboxylic acids is 1. The summed E-state index contributed by atoms with van der Waals surface area (Å²) >= 11 is 6.05. The van der Waals surface area contributed by atoms with Gasteiger partial charge in [0.25, 0.3) is 5.91 Å². The van der Waals surface area contributed by atoms with E-state index in [9.17, 15) is 4.79 Å². The molecule has 0 bridgehead atoms. The largest absolute Gasteiger partial charge is 0.357 e. The molecule has 0 aromatic heterocycles. The van der Waals surface area contributed by atoms with E-state index in [2.05, 4.69) is 53.5 Å². The van der Waals surface area contributed by atoms with E-state index in [0.717, 1.165) is 25.6 Å². The minimum atomic E-state index is -0.175. The fourth-order valence-electron chi connectivity index (χ4n) is 3.19. The molecule has 1 fully saturated rings. The first-order valence-corrected chi connectivity index (χ1v) is 10.1. The second-order valence-electron chi connectivity index (χ2n) is 7.27. The maximum absolute atomic E-state index is 12.2. The molecule has 1 amide bonds. The average Bonchev–Trinajstić information content (AvgIpc) is 3.00. The van der Waals surface area contributed by atoms with Crippen molar-refractivity contribution in [2.75, 3.05) is 32.7 Å². The Labute approximate surface area is 190 Å². The Bertz CT molecular complexity index is 655. The number of likely N-dealkylation sites (tertiary alicyclic amines) is 1. The van der Waals surface area contributed by atoms with Crippen molar-refractivity contribution in [2.24, 2.45) is 10.9 Å². The molecule has 1 aromatic rings. The summed E-state index contributed by atoms with van der Waals surface area (Å²) in [4.78, 5) is 19.3. The van der Waals surface area contributed by atoms with Gasteiger partial charge in [0.05, 0.1) is 17.1 Å². The van der Waals surface area contributed by atoms with Gasteiger partial charge in [0.1, 0.15) is 0 Å². The Morgan fingerprint density at radius 2 is 2.00 bits per heavy atom. The van der Waals surface area contributed by atoms with Gasteiger partial charge in [-0.25, -0.2) is 0 Å². The third kappa shape index (κ3) is 7.40. The maximum atomic E-state index is 12.2. The van der Waals surface area contributed by atoms with Crippen LogP contribution in [0.1, 0.15) is 38.1 Å². The molecule has 2 atom stereocenters. The summed E-state index contributed by atoms with van der Waals surface area (Å²) < 4.78 is 0. The second kappa shape index (κ2) is 12.5. The lowest BCUT2D eigenvalue weighted by molar-refractivity contribution is 0.0955. The monoisotopic (exact) mass is 521 g/mol. The first-order chi connectivity index (χ1) is 12.9. The molecule has 28 heavy (non-hydrogen) atoms. The van der Waals surface area contributed by atoms with Crippen LogP contribution in [0.25, 0.3) is 0 Å². The molecule has 1 saturated heterocycles. The third-order valence-corrected chi connectivity index (χ3v) is 5.15. The van der Waals surface area contributed by atoms with Gasteiger partial charge >= 0.3 is 0 Å². The topological polar surface area (TPSA) is 68.8 Å². The molecule has 0 radical (unpaired) electrons. The van der Waals surface area contributed by atoms with Gasteiger partial charge in [0.2, 0.25) is 0 Å². The molecule has 0 aliphatic carbocycles. The Morgan fingerprint density at radius 3 is 2.61 bits per heavy atom. The van der Waals surface area contributed by atoms with Crippen LogP contribution in [-0.2, 0) is 0 Å². The number of amides is 1. The number of guanidine groups is 1. The molecule has 1 aliphatic rings. The van der Waals surface area contributed by atoms with Crippen molar-refractivity contribution in [2.45, 2.75) is 39.8 Å². The molecule has 158 valence electrons. The van der Waals surface area contributed by atoms with Gasteiger partial charge in [-0.3, -0.25) is 14.7 Å². The van der Waals surface area contributed by atoms with E-state index in [1.54, 1.807) is 18.2 Å². The van der Waals surface area contributed by atoms with Crippen LogP contribution in [0.4, 0.5) is 0 Å². The van der Waals surface area contributed by atoms with Crippen LogP contribution >= 0.6 is 35.6 Å². The zero-order valence-corrected chi connectivity index (χ0v) is 20.3. The molecule has 1 heterocycles. The van der Waals surface area contributed by atoms with E-state index in [1.165, 1.54) is 0 Å². The normalized spacial score (nSPS) is 20.0. The van der Waals surface area contributed by atoms with E-state index in [4.69, 9.17) is 11.6 Å². The minimum Gasteiger partial charge on any atom is -0.357 e. The van der Waals surface area contributed by atoms with Gasteiger partial charge in [0.15, 0.2) is 5.96 Å². The molecule has 6 nitrogen and oxygen atoms in total. The van der Waals surface area contributed by atoms with Crippen molar-refractivity contribution in [1.82, 2.24) is 20.9 Å². The number of aliphatic imine (C=N–C) groups is 1. The van der Waals surface area contributed by atoms with E-state index in [1.807, 2.05) is 6.07 Å². The van der Waals surface area contributed by atoms with Crippen molar-refractivity contribution in [3.05, 3.63) is 34.9 Å². The predicted molar refractivity (Wildman–Crippen MR) is 128 cm³/mol. The zero-order chi connectivity index (χ0) is 19.8. The van der Waals surface area contributed by atoms with Gasteiger partial charge in [-0.2, -0.15) is 0 Å². The lowest BCUT2D eigenvalue weighted by Crippen LogP contribution is -2.47. The smallest absolute Gasteiger partial charge is 0.252 e. The summed E-state index contributed by atoms with van der Waals surface area (Å²) in [6.07, 6.45) is 0. The first kappa shape index (κ1) is 25.0. The number of hydrogen-bond acceptors (Lipinski definition) is 3. The van der Waals surface area contributed by atoms with Gasteiger partial charge in [-0.05, 0) is 38.8 Å². The first-order valence-electron chi connectivity index (χ1n) is 9.74. The predicted octanol–water partition coefficient (Wildman–Crippen LogP) is 2.97. The molecule has 2 rings (SSSR count). The maximum Gasteiger partial charge on any atom is 0.252 e. The van der Waals surface area contributed by atoms with Crippen LogP contribution in [0.3, 0.4) is 0 Å². The SMILES string of the molecule is CCNC(=NCCNC(=O)c1ccccc1Cl)NC1CN(C(C)C)CC1C.I. The van der Waals surface area contributed by atoms with Crippen molar-refractivity contribution >= 4 is 47.4 Å². The lowest BCUT2D eigenvalue weighted by Gasteiger charge is -2.22.